The lowest BCUT2D eigenvalue weighted by atomic mass is 9.84. The molecule has 0 spiro atoms. The van der Waals surface area contributed by atoms with E-state index >= 15 is 0 Å². The normalized spacial score (nSPS) is 34.7. The van der Waals surface area contributed by atoms with Gasteiger partial charge >= 0.3 is 0 Å². The third-order valence-corrected chi connectivity index (χ3v) is 1.57. The molecular formula is C5H11NO3. The summed E-state index contributed by atoms with van der Waals surface area (Å²) in [5.74, 6) is 0.662. The average molecular weight is 133 g/mol. The molecule has 4 nitrogen and oxygen atoms in total. The van der Waals surface area contributed by atoms with Crippen LogP contribution in [0, 0.1) is 5.92 Å². The van der Waals surface area contributed by atoms with Crippen LogP contribution in [0.25, 0.3) is 0 Å². The van der Waals surface area contributed by atoms with Crippen molar-refractivity contribution in [1.82, 2.24) is 5.39 Å². The molecule has 4 heteroatoms. The highest BCUT2D eigenvalue weighted by Crippen LogP contribution is 2.29. The van der Waals surface area contributed by atoms with Crippen LogP contribution in [0.1, 0.15) is 19.8 Å². The lowest BCUT2D eigenvalue weighted by Gasteiger charge is -2.31. The van der Waals surface area contributed by atoms with E-state index in [4.69, 9.17) is 10.4 Å². The van der Waals surface area contributed by atoms with Crippen LogP contribution >= 0.6 is 0 Å². The molecule has 1 aliphatic rings. The van der Waals surface area contributed by atoms with Gasteiger partial charge in [0, 0.05) is 0 Å². The number of rotatable bonds is 2. The van der Waals surface area contributed by atoms with Crippen LogP contribution in [0.4, 0.5) is 0 Å². The minimum absolute atomic E-state index is 0.00926. The molecule has 0 radical (unpaired) electrons. The maximum atomic E-state index is 8.14. The van der Waals surface area contributed by atoms with Gasteiger partial charge in [0.1, 0.15) is 0 Å². The molecule has 0 aliphatic heterocycles. The van der Waals surface area contributed by atoms with Crippen molar-refractivity contribution in [3.05, 3.63) is 0 Å². The molecule has 2 N–H and O–H groups in total. The Bertz CT molecular complexity index is 90.2. The fraction of sp³-hybridized carbons (Fsp3) is 1.00. The second-order valence-electron chi connectivity index (χ2n) is 2.56. The fourth-order valence-electron chi connectivity index (χ4n) is 1.05. The van der Waals surface area contributed by atoms with Gasteiger partial charge in [-0.2, -0.15) is 0 Å². The molecule has 0 aromatic heterocycles. The molecule has 0 atom stereocenters. The van der Waals surface area contributed by atoms with Gasteiger partial charge in [0.05, 0.1) is 11.5 Å². The average Bonchev–Trinajstić information content (AvgIpc) is 1.60. The highest BCUT2D eigenvalue weighted by atomic mass is 17.1. The minimum atomic E-state index is -0.212. The molecule has 0 unspecified atom stereocenters. The van der Waals surface area contributed by atoms with Crippen molar-refractivity contribution < 1.29 is 15.3 Å². The quantitative estimate of drug-likeness (QED) is 0.547. The molecule has 1 rings (SSSR count). The maximum absolute atomic E-state index is 8.14. The van der Waals surface area contributed by atoms with E-state index in [1.165, 1.54) is 0 Å². The van der Waals surface area contributed by atoms with Crippen LogP contribution in [0.3, 0.4) is 0 Å². The first-order valence-corrected chi connectivity index (χ1v) is 3.03. The van der Waals surface area contributed by atoms with E-state index in [9.17, 15) is 0 Å². The monoisotopic (exact) mass is 133 g/mol. The molecule has 9 heavy (non-hydrogen) atoms. The summed E-state index contributed by atoms with van der Waals surface area (Å²) in [4.78, 5) is 4.50. The van der Waals surface area contributed by atoms with E-state index in [1.54, 1.807) is 0 Å². The lowest BCUT2D eigenvalue weighted by Crippen LogP contribution is -2.34. The number of hydrogen-bond acceptors (Lipinski definition) is 4. The van der Waals surface area contributed by atoms with Gasteiger partial charge in [-0.3, -0.25) is 10.4 Å². The predicted molar refractivity (Wildman–Crippen MR) is 28.7 cm³/mol. The summed E-state index contributed by atoms with van der Waals surface area (Å²) in [6.45, 7) is 2.10. The fourth-order valence-corrected chi connectivity index (χ4v) is 1.05. The smallest absolute Gasteiger partial charge is 0.0849 e. The Morgan fingerprint density at radius 3 is 2.33 bits per heavy atom. The lowest BCUT2D eigenvalue weighted by molar-refractivity contribution is -0.510. The molecule has 0 amide bonds. The molecule has 0 bridgehead atoms. The Hall–Kier alpha value is -0.160. The largest absolute Gasteiger partial charge is 0.266 e. The molecule has 54 valence electrons. The Morgan fingerprint density at radius 2 is 2.00 bits per heavy atom. The van der Waals surface area contributed by atoms with E-state index in [-0.39, 0.29) is 11.5 Å². The summed E-state index contributed by atoms with van der Waals surface area (Å²) in [7, 11) is 0. The Kier molecular flexibility index (Phi) is 2.02. The SMILES string of the molecule is CC1CC(ON(O)O)C1. The van der Waals surface area contributed by atoms with Gasteiger partial charge in [-0.25, -0.2) is 4.84 Å². The summed E-state index contributed by atoms with van der Waals surface area (Å²) >= 11 is 0. The topological polar surface area (TPSA) is 52.9 Å². The summed E-state index contributed by atoms with van der Waals surface area (Å²) in [6, 6.07) is 0. The van der Waals surface area contributed by atoms with Gasteiger partial charge < -0.3 is 0 Å². The van der Waals surface area contributed by atoms with E-state index < -0.39 is 0 Å². The van der Waals surface area contributed by atoms with Gasteiger partial charge in [0.15, 0.2) is 0 Å². The number of hydrogen-bond donors (Lipinski definition) is 2. The third-order valence-electron chi connectivity index (χ3n) is 1.57. The first kappa shape index (κ1) is 6.95. The van der Waals surface area contributed by atoms with E-state index in [0.717, 1.165) is 12.8 Å². The predicted octanol–water partition coefficient (Wildman–Crippen LogP) is 0.797. The minimum Gasteiger partial charge on any atom is -0.266 e. The van der Waals surface area contributed by atoms with Crippen LogP contribution in [-0.4, -0.2) is 21.9 Å². The van der Waals surface area contributed by atoms with Gasteiger partial charge in [-0.05, 0) is 18.8 Å². The van der Waals surface area contributed by atoms with Crippen molar-refractivity contribution in [1.29, 1.82) is 0 Å². The first-order valence-electron chi connectivity index (χ1n) is 3.03. The van der Waals surface area contributed by atoms with Crippen molar-refractivity contribution in [3.63, 3.8) is 0 Å². The van der Waals surface area contributed by atoms with Gasteiger partial charge in [0.25, 0.3) is 0 Å². The Balaban J connectivity index is 2.04. The van der Waals surface area contributed by atoms with Crippen molar-refractivity contribution in [2.75, 3.05) is 0 Å². The first-order chi connectivity index (χ1) is 4.18. The molecular weight excluding hydrogens is 122 g/mol. The van der Waals surface area contributed by atoms with Gasteiger partial charge in [0.2, 0.25) is 0 Å². The zero-order valence-corrected chi connectivity index (χ0v) is 5.32. The molecule has 1 aliphatic carbocycles. The zero-order chi connectivity index (χ0) is 6.85. The van der Waals surface area contributed by atoms with Crippen molar-refractivity contribution in [3.8, 4) is 0 Å². The summed E-state index contributed by atoms with van der Waals surface area (Å²) < 4.78 is 0. The molecule has 0 saturated heterocycles. The standard InChI is InChI=1S/C5H11NO3/c1-4-2-5(3-4)9-6(7)8/h4-5,7-8H,2-3H2,1H3. The summed E-state index contributed by atoms with van der Waals surface area (Å²) in [5.41, 5.74) is 0. The Morgan fingerprint density at radius 1 is 1.44 bits per heavy atom. The Labute approximate surface area is 53.5 Å². The molecule has 0 aromatic carbocycles. The van der Waals surface area contributed by atoms with Crippen LogP contribution in [0.2, 0.25) is 0 Å². The van der Waals surface area contributed by atoms with Crippen molar-refractivity contribution in [2.45, 2.75) is 25.9 Å². The van der Waals surface area contributed by atoms with E-state index in [2.05, 4.69) is 11.8 Å². The highest BCUT2D eigenvalue weighted by Gasteiger charge is 2.27. The molecule has 0 heterocycles. The highest BCUT2D eigenvalue weighted by molar-refractivity contribution is 4.75. The van der Waals surface area contributed by atoms with Crippen LogP contribution < -0.4 is 0 Å². The second kappa shape index (κ2) is 2.62. The van der Waals surface area contributed by atoms with E-state index in [1.807, 2.05) is 0 Å². The van der Waals surface area contributed by atoms with Gasteiger partial charge in [-0.1, -0.05) is 6.92 Å². The van der Waals surface area contributed by atoms with Crippen molar-refractivity contribution in [2.24, 2.45) is 5.92 Å². The molecule has 1 fully saturated rings. The van der Waals surface area contributed by atoms with Gasteiger partial charge in [-0.15, -0.1) is 0 Å². The summed E-state index contributed by atoms with van der Waals surface area (Å²) in [5, 5.41) is 16.1. The van der Waals surface area contributed by atoms with Crippen LogP contribution in [-0.2, 0) is 4.84 Å². The maximum Gasteiger partial charge on any atom is 0.0849 e. The van der Waals surface area contributed by atoms with Crippen LogP contribution in [0.5, 0.6) is 0 Å². The van der Waals surface area contributed by atoms with Crippen LogP contribution in [0.15, 0.2) is 0 Å². The second-order valence-corrected chi connectivity index (χ2v) is 2.56. The number of nitrogens with zero attached hydrogens (tertiary/aromatic N) is 1. The molecule has 0 aromatic rings. The van der Waals surface area contributed by atoms with Crippen molar-refractivity contribution >= 4 is 0 Å². The molecule has 1 saturated carbocycles. The van der Waals surface area contributed by atoms with E-state index in [0.29, 0.717) is 5.92 Å². The summed E-state index contributed by atoms with van der Waals surface area (Å²) in [6.07, 6.45) is 1.84. The zero-order valence-electron chi connectivity index (χ0n) is 5.32. The third kappa shape index (κ3) is 1.91.